The standard InChI is InChI=1S/C16H21BrN2/c1-11-9-13(17)10-14-16(11)19-15(18-14)8-7-12-5-3-2-4-6-12/h9-10,12H,2-8H2,1H3,(H,18,19). The van der Waals surface area contributed by atoms with Gasteiger partial charge in [-0.1, -0.05) is 48.0 Å². The third kappa shape index (κ3) is 3.02. The van der Waals surface area contributed by atoms with E-state index in [0.717, 1.165) is 33.7 Å². The summed E-state index contributed by atoms with van der Waals surface area (Å²) in [6.07, 6.45) is 9.52. The van der Waals surface area contributed by atoms with Gasteiger partial charge in [0.2, 0.25) is 0 Å². The number of aromatic amines is 1. The van der Waals surface area contributed by atoms with E-state index in [4.69, 9.17) is 4.98 Å². The molecule has 0 atom stereocenters. The summed E-state index contributed by atoms with van der Waals surface area (Å²) in [6.45, 7) is 2.12. The molecule has 1 aromatic carbocycles. The maximum Gasteiger partial charge on any atom is 0.107 e. The largest absolute Gasteiger partial charge is 0.342 e. The van der Waals surface area contributed by atoms with Crippen LogP contribution < -0.4 is 0 Å². The number of nitrogens with one attached hydrogen (secondary N) is 1. The van der Waals surface area contributed by atoms with E-state index in [-0.39, 0.29) is 0 Å². The number of rotatable bonds is 3. The van der Waals surface area contributed by atoms with Crippen LogP contribution in [0.1, 0.15) is 49.9 Å². The average Bonchev–Trinajstić information content (AvgIpc) is 2.81. The zero-order valence-corrected chi connectivity index (χ0v) is 13.1. The molecule has 0 bridgehead atoms. The topological polar surface area (TPSA) is 28.7 Å². The molecule has 0 radical (unpaired) electrons. The van der Waals surface area contributed by atoms with Gasteiger partial charge in [0.1, 0.15) is 5.82 Å². The number of fused-ring (bicyclic) bond motifs is 1. The molecule has 2 nitrogen and oxygen atoms in total. The van der Waals surface area contributed by atoms with Crippen molar-refractivity contribution in [2.45, 2.75) is 51.9 Å². The number of aryl methyl sites for hydroxylation is 2. The van der Waals surface area contributed by atoms with Crippen LogP contribution in [0.2, 0.25) is 0 Å². The van der Waals surface area contributed by atoms with Gasteiger partial charge < -0.3 is 4.98 Å². The van der Waals surface area contributed by atoms with Crippen LogP contribution in [-0.2, 0) is 6.42 Å². The fourth-order valence-electron chi connectivity index (χ4n) is 3.23. The van der Waals surface area contributed by atoms with E-state index in [0.29, 0.717) is 0 Å². The normalized spacial score (nSPS) is 17.2. The average molecular weight is 321 g/mol. The highest BCUT2D eigenvalue weighted by Gasteiger charge is 2.14. The van der Waals surface area contributed by atoms with Crippen molar-refractivity contribution in [3.63, 3.8) is 0 Å². The van der Waals surface area contributed by atoms with Gasteiger partial charge in [0, 0.05) is 10.9 Å². The second kappa shape index (κ2) is 5.66. The van der Waals surface area contributed by atoms with E-state index in [2.05, 4.69) is 40.0 Å². The number of imidazole rings is 1. The summed E-state index contributed by atoms with van der Waals surface area (Å²) in [5.74, 6) is 2.08. The second-order valence-corrected chi connectivity index (χ2v) is 6.76. The fraction of sp³-hybridized carbons (Fsp3) is 0.562. The van der Waals surface area contributed by atoms with Gasteiger partial charge in [0.25, 0.3) is 0 Å². The van der Waals surface area contributed by atoms with E-state index in [1.165, 1.54) is 44.1 Å². The lowest BCUT2D eigenvalue weighted by molar-refractivity contribution is 0.337. The molecule has 1 heterocycles. The summed E-state index contributed by atoms with van der Waals surface area (Å²) in [5.41, 5.74) is 3.52. The summed E-state index contributed by atoms with van der Waals surface area (Å²) < 4.78 is 1.12. The summed E-state index contributed by atoms with van der Waals surface area (Å²) in [6, 6.07) is 4.26. The van der Waals surface area contributed by atoms with Crippen molar-refractivity contribution in [3.05, 3.63) is 28.0 Å². The van der Waals surface area contributed by atoms with Crippen molar-refractivity contribution in [1.82, 2.24) is 9.97 Å². The quantitative estimate of drug-likeness (QED) is 0.832. The third-order valence-electron chi connectivity index (χ3n) is 4.31. The summed E-state index contributed by atoms with van der Waals surface area (Å²) in [5, 5.41) is 0. The Morgan fingerprint density at radius 1 is 1.26 bits per heavy atom. The summed E-state index contributed by atoms with van der Waals surface area (Å²) >= 11 is 3.55. The van der Waals surface area contributed by atoms with Gasteiger partial charge in [-0.05, 0) is 37.0 Å². The van der Waals surface area contributed by atoms with E-state index < -0.39 is 0 Å². The molecule has 1 aromatic heterocycles. The maximum absolute atomic E-state index is 4.76. The first-order chi connectivity index (χ1) is 9.22. The fourth-order valence-corrected chi connectivity index (χ4v) is 3.80. The lowest BCUT2D eigenvalue weighted by atomic mass is 9.86. The van der Waals surface area contributed by atoms with Gasteiger partial charge in [-0.15, -0.1) is 0 Å². The Kier molecular flexibility index (Phi) is 3.92. The van der Waals surface area contributed by atoms with Crippen molar-refractivity contribution in [2.75, 3.05) is 0 Å². The van der Waals surface area contributed by atoms with E-state index >= 15 is 0 Å². The zero-order chi connectivity index (χ0) is 13.2. The Morgan fingerprint density at radius 3 is 2.84 bits per heavy atom. The van der Waals surface area contributed by atoms with Crippen molar-refractivity contribution in [3.8, 4) is 0 Å². The van der Waals surface area contributed by atoms with Crippen LogP contribution in [-0.4, -0.2) is 9.97 Å². The maximum atomic E-state index is 4.76. The Hall–Kier alpha value is -0.830. The minimum atomic E-state index is 0.926. The minimum Gasteiger partial charge on any atom is -0.342 e. The number of nitrogens with zero attached hydrogens (tertiary/aromatic N) is 1. The molecule has 0 spiro atoms. The molecule has 0 saturated heterocycles. The third-order valence-corrected chi connectivity index (χ3v) is 4.76. The summed E-state index contributed by atoms with van der Waals surface area (Å²) in [4.78, 5) is 8.24. The molecule has 0 aliphatic heterocycles. The molecule has 1 saturated carbocycles. The van der Waals surface area contributed by atoms with Gasteiger partial charge in [-0.2, -0.15) is 0 Å². The summed E-state index contributed by atoms with van der Waals surface area (Å²) in [7, 11) is 0. The Balaban J connectivity index is 1.72. The molecule has 3 rings (SSSR count). The first-order valence-electron chi connectivity index (χ1n) is 7.37. The van der Waals surface area contributed by atoms with Gasteiger partial charge in [0.15, 0.2) is 0 Å². The molecule has 102 valence electrons. The van der Waals surface area contributed by atoms with Crippen LogP contribution in [0.25, 0.3) is 11.0 Å². The number of benzene rings is 1. The van der Waals surface area contributed by atoms with E-state index in [9.17, 15) is 0 Å². The monoisotopic (exact) mass is 320 g/mol. The van der Waals surface area contributed by atoms with Gasteiger partial charge in [0.05, 0.1) is 11.0 Å². The predicted molar refractivity (Wildman–Crippen MR) is 83.4 cm³/mol. The molecular weight excluding hydrogens is 300 g/mol. The molecule has 0 amide bonds. The predicted octanol–water partition coefficient (Wildman–Crippen LogP) is 5.15. The van der Waals surface area contributed by atoms with Crippen molar-refractivity contribution in [2.24, 2.45) is 5.92 Å². The first-order valence-corrected chi connectivity index (χ1v) is 8.16. The number of halogens is 1. The number of hydrogen-bond acceptors (Lipinski definition) is 1. The Labute approximate surface area is 123 Å². The van der Waals surface area contributed by atoms with Crippen molar-refractivity contribution in [1.29, 1.82) is 0 Å². The minimum absolute atomic E-state index is 0.926. The van der Waals surface area contributed by atoms with Crippen molar-refractivity contribution >= 4 is 27.0 Å². The zero-order valence-electron chi connectivity index (χ0n) is 11.5. The first kappa shape index (κ1) is 13.2. The highest BCUT2D eigenvalue weighted by atomic mass is 79.9. The van der Waals surface area contributed by atoms with Crippen LogP contribution in [0, 0.1) is 12.8 Å². The van der Waals surface area contributed by atoms with Crippen LogP contribution in [0.15, 0.2) is 16.6 Å². The van der Waals surface area contributed by atoms with E-state index in [1.807, 2.05) is 0 Å². The highest BCUT2D eigenvalue weighted by Crippen LogP contribution is 2.28. The molecule has 1 fully saturated rings. The molecule has 1 aliphatic rings. The lowest BCUT2D eigenvalue weighted by Gasteiger charge is -2.20. The lowest BCUT2D eigenvalue weighted by Crippen LogP contribution is -2.07. The Morgan fingerprint density at radius 2 is 2.05 bits per heavy atom. The molecule has 2 aromatic rings. The number of H-pyrrole nitrogens is 1. The van der Waals surface area contributed by atoms with Gasteiger partial charge >= 0.3 is 0 Å². The molecule has 1 aliphatic carbocycles. The second-order valence-electron chi connectivity index (χ2n) is 5.85. The van der Waals surface area contributed by atoms with Crippen LogP contribution in [0.4, 0.5) is 0 Å². The number of aromatic nitrogens is 2. The van der Waals surface area contributed by atoms with Gasteiger partial charge in [-0.3, -0.25) is 0 Å². The molecule has 0 unspecified atom stereocenters. The molecule has 19 heavy (non-hydrogen) atoms. The molecular formula is C16H21BrN2. The highest BCUT2D eigenvalue weighted by molar-refractivity contribution is 9.10. The molecule has 1 N–H and O–H groups in total. The van der Waals surface area contributed by atoms with E-state index in [1.54, 1.807) is 0 Å². The van der Waals surface area contributed by atoms with Crippen molar-refractivity contribution < 1.29 is 0 Å². The smallest absolute Gasteiger partial charge is 0.107 e. The number of hydrogen-bond donors (Lipinski definition) is 1. The van der Waals surface area contributed by atoms with Gasteiger partial charge in [-0.25, -0.2) is 4.98 Å². The van der Waals surface area contributed by atoms with Crippen LogP contribution in [0.5, 0.6) is 0 Å². The Bertz CT molecular complexity index is 567. The van der Waals surface area contributed by atoms with Crippen LogP contribution >= 0.6 is 15.9 Å². The van der Waals surface area contributed by atoms with Crippen LogP contribution in [0.3, 0.4) is 0 Å². The molecule has 3 heteroatoms. The SMILES string of the molecule is Cc1cc(Br)cc2[nH]c(CCC3CCCCC3)nc12.